The van der Waals surface area contributed by atoms with Crippen LogP contribution in [-0.4, -0.2) is 30.6 Å². The highest BCUT2D eigenvalue weighted by atomic mass is 15.2. The molecule has 0 heterocycles. The summed E-state index contributed by atoms with van der Waals surface area (Å²) >= 11 is 0. The summed E-state index contributed by atoms with van der Waals surface area (Å²) in [6, 6.07) is 12.3. The molecule has 1 fully saturated rings. The molecular formula is C19H32N2. The molecule has 2 rings (SSSR count). The van der Waals surface area contributed by atoms with Crippen molar-refractivity contribution in [2.45, 2.75) is 58.5 Å². The van der Waals surface area contributed by atoms with Gasteiger partial charge in [0, 0.05) is 18.6 Å². The monoisotopic (exact) mass is 288 g/mol. The van der Waals surface area contributed by atoms with Crippen LogP contribution in [0.2, 0.25) is 0 Å². The molecule has 1 saturated carbocycles. The van der Waals surface area contributed by atoms with Crippen LogP contribution in [0.15, 0.2) is 30.3 Å². The molecule has 0 saturated heterocycles. The summed E-state index contributed by atoms with van der Waals surface area (Å²) in [7, 11) is 0. The summed E-state index contributed by atoms with van der Waals surface area (Å²) in [5.74, 6) is 0.796. The van der Waals surface area contributed by atoms with Crippen molar-refractivity contribution in [3.8, 4) is 0 Å². The van der Waals surface area contributed by atoms with Crippen molar-refractivity contribution in [2.75, 3.05) is 19.6 Å². The number of nitrogens with one attached hydrogen (secondary N) is 1. The largest absolute Gasteiger partial charge is 0.309 e. The van der Waals surface area contributed by atoms with Gasteiger partial charge in [0.05, 0.1) is 0 Å². The zero-order valence-corrected chi connectivity index (χ0v) is 14.0. The van der Waals surface area contributed by atoms with E-state index in [4.69, 9.17) is 0 Å². The normalized spacial score (nSPS) is 16.6. The first-order valence-electron chi connectivity index (χ1n) is 8.73. The molecule has 0 amide bonds. The van der Waals surface area contributed by atoms with E-state index in [1.807, 2.05) is 0 Å². The molecule has 0 aliphatic heterocycles. The van der Waals surface area contributed by atoms with Gasteiger partial charge in [0.2, 0.25) is 0 Å². The molecular weight excluding hydrogens is 256 g/mol. The number of hydrogen-bond donors (Lipinski definition) is 1. The first-order valence-corrected chi connectivity index (χ1v) is 8.73. The summed E-state index contributed by atoms with van der Waals surface area (Å²) in [4.78, 5) is 2.72. The number of rotatable bonds is 10. The number of hydrogen-bond acceptors (Lipinski definition) is 2. The zero-order valence-electron chi connectivity index (χ0n) is 14.0. The van der Waals surface area contributed by atoms with Crippen molar-refractivity contribution in [3.63, 3.8) is 0 Å². The molecule has 2 nitrogen and oxygen atoms in total. The lowest BCUT2D eigenvalue weighted by atomic mass is 10.1. The van der Waals surface area contributed by atoms with Crippen LogP contribution in [0.5, 0.6) is 0 Å². The molecule has 1 aromatic carbocycles. The number of nitrogens with zero attached hydrogens (tertiary/aromatic N) is 1. The standard InChI is InChI=1S/C19H32N2/c1-4-13-20-19(17-8-6-5-7-9-17)15-21(18-10-11-18)14-12-16(2)3/h5-9,16,18-20H,4,10-15H2,1-3H3. The predicted molar refractivity (Wildman–Crippen MR) is 91.5 cm³/mol. The lowest BCUT2D eigenvalue weighted by molar-refractivity contribution is 0.220. The second-order valence-corrected chi connectivity index (χ2v) is 6.83. The van der Waals surface area contributed by atoms with Crippen molar-refractivity contribution < 1.29 is 0 Å². The van der Waals surface area contributed by atoms with E-state index in [0.29, 0.717) is 6.04 Å². The van der Waals surface area contributed by atoms with Gasteiger partial charge in [-0.3, -0.25) is 4.90 Å². The van der Waals surface area contributed by atoms with Crippen molar-refractivity contribution in [1.82, 2.24) is 10.2 Å². The fraction of sp³-hybridized carbons (Fsp3) is 0.684. The van der Waals surface area contributed by atoms with Crippen LogP contribution in [-0.2, 0) is 0 Å². The van der Waals surface area contributed by atoms with E-state index in [-0.39, 0.29) is 0 Å². The highest BCUT2D eigenvalue weighted by Crippen LogP contribution is 2.29. The fourth-order valence-corrected chi connectivity index (χ4v) is 2.81. The Morgan fingerprint density at radius 1 is 1.19 bits per heavy atom. The summed E-state index contributed by atoms with van der Waals surface area (Å²) in [6.45, 7) is 10.4. The average molecular weight is 288 g/mol. The van der Waals surface area contributed by atoms with Crippen LogP contribution in [0.1, 0.15) is 58.1 Å². The van der Waals surface area contributed by atoms with E-state index in [2.05, 4.69) is 61.3 Å². The molecule has 1 atom stereocenters. The third-order valence-corrected chi connectivity index (χ3v) is 4.32. The molecule has 1 N–H and O–H groups in total. The lowest BCUT2D eigenvalue weighted by Gasteiger charge is -2.29. The van der Waals surface area contributed by atoms with E-state index >= 15 is 0 Å². The first kappa shape index (κ1) is 16.5. The Bertz CT molecular complexity index is 384. The van der Waals surface area contributed by atoms with Gasteiger partial charge in [-0.2, -0.15) is 0 Å². The maximum atomic E-state index is 3.74. The van der Waals surface area contributed by atoms with E-state index in [1.165, 1.54) is 37.8 Å². The molecule has 1 unspecified atom stereocenters. The van der Waals surface area contributed by atoms with Crippen LogP contribution in [0, 0.1) is 5.92 Å². The minimum atomic E-state index is 0.471. The van der Waals surface area contributed by atoms with Gasteiger partial charge in [-0.15, -0.1) is 0 Å². The van der Waals surface area contributed by atoms with Crippen LogP contribution >= 0.6 is 0 Å². The minimum absolute atomic E-state index is 0.471. The zero-order chi connectivity index (χ0) is 15.1. The van der Waals surface area contributed by atoms with Crippen molar-refractivity contribution in [2.24, 2.45) is 5.92 Å². The van der Waals surface area contributed by atoms with Crippen molar-refractivity contribution >= 4 is 0 Å². The highest BCUT2D eigenvalue weighted by molar-refractivity contribution is 5.19. The van der Waals surface area contributed by atoms with E-state index in [1.54, 1.807) is 0 Å². The Hall–Kier alpha value is -0.860. The van der Waals surface area contributed by atoms with Gasteiger partial charge in [0.25, 0.3) is 0 Å². The molecule has 1 aliphatic carbocycles. The van der Waals surface area contributed by atoms with Gasteiger partial charge in [-0.1, -0.05) is 51.1 Å². The molecule has 21 heavy (non-hydrogen) atoms. The van der Waals surface area contributed by atoms with Crippen LogP contribution in [0.25, 0.3) is 0 Å². The Morgan fingerprint density at radius 3 is 2.48 bits per heavy atom. The Morgan fingerprint density at radius 2 is 1.90 bits per heavy atom. The van der Waals surface area contributed by atoms with Gasteiger partial charge in [-0.25, -0.2) is 0 Å². The molecule has 118 valence electrons. The quantitative estimate of drug-likeness (QED) is 0.693. The van der Waals surface area contributed by atoms with Crippen LogP contribution in [0.3, 0.4) is 0 Å². The summed E-state index contributed by atoms with van der Waals surface area (Å²) < 4.78 is 0. The highest BCUT2D eigenvalue weighted by Gasteiger charge is 2.30. The topological polar surface area (TPSA) is 15.3 Å². The second-order valence-electron chi connectivity index (χ2n) is 6.83. The van der Waals surface area contributed by atoms with Crippen molar-refractivity contribution in [1.29, 1.82) is 0 Å². The maximum Gasteiger partial charge on any atom is 0.0449 e. The smallest absolute Gasteiger partial charge is 0.0449 e. The molecule has 1 aromatic rings. The molecule has 0 aromatic heterocycles. The Kier molecular flexibility index (Phi) is 6.72. The van der Waals surface area contributed by atoms with Gasteiger partial charge >= 0.3 is 0 Å². The molecule has 0 radical (unpaired) electrons. The van der Waals surface area contributed by atoms with Gasteiger partial charge in [0.1, 0.15) is 0 Å². The van der Waals surface area contributed by atoms with E-state index < -0.39 is 0 Å². The maximum absolute atomic E-state index is 3.74. The summed E-state index contributed by atoms with van der Waals surface area (Å²) in [5, 5.41) is 3.74. The van der Waals surface area contributed by atoms with Crippen LogP contribution in [0.4, 0.5) is 0 Å². The third kappa shape index (κ3) is 5.80. The first-order chi connectivity index (χ1) is 10.2. The minimum Gasteiger partial charge on any atom is -0.309 e. The second kappa shape index (κ2) is 8.55. The Labute approximate surface area is 130 Å². The lowest BCUT2D eigenvalue weighted by Crippen LogP contribution is -2.37. The van der Waals surface area contributed by atoms with Crippen LogP contribution < -0.4 is 5.32 Å². The molecule has 0 spiro atoms. The van der Waals surface area contributed by atoms with Gasteiger partial charge < -0.3 is 5.32 Å². The van der Waals surface area contributed by atoms with E-state index in [9.17, 15) is 0 Å². The van der Waals surface area contributed by atoms with Gasteiger partial charge in [0.15, 0.2) is 0 Å². The third-order valence-electron chi connectivity index (χ3n) is 4.32. The molecule has 1 aliphatic rings. The average Bonchev–Trinajstić information content (AvgIpc) is 3.32. The SMILES string of the molecule is CCCNC(CN(CCC(C)C)C1CC1)c1ccccc1. The fourth-order valence-electron chi connectivity index (χ4n) is 2.81. The van der Waals surface area contributed by atoms with Crippen molar-refractivity contribution in [3.05, 3.63) is 35.9 Å². The van der Waals surface area contributed by atoms with Gasteiger partial charge in [-0.05, 0) is 50.3 Å². The summed E-state index contributed by atoms with van der Waals surface area (Å²) in [5.41, 5.74) is 1.43. The molecule has 0 bridgehead atoms. The predicted octanol–water partition coefficient (Wildman–Crippen LogP) is 4.24. The number of benzene rings is 1. The Balaban J connectivity index is 1.98. The van der Waals surface area contributed by atoms with E-state index in [0.717, 1.165) is 25.0 Å². The molecule has 2 heteroatoms. The summed E-state index contributed by atoms with van der Waals surface area (Å²) in [6.07, 6.45) is 5.30.